The third kappa shape index (κ3) is 2.29. The van der Waals surface area contributed by atoms with Crippen molar-refractivity contribution < 1.29 is 23.8 Å². The molecule has 0 bridgehead atoms. The summed E-state index contributed by atoms with van der Waals surface area (Å²) in [5.41, 5.74) is 1.14. The van der Waals surface area contributed by atoms with E-state index in [4.69, 9.17) is 14.6 Å². The summed E-state index contributed by atoms with van der Waals surface area (Å²) in [4.78, 5) is 10.9. The summed E-state index contributed by atoms with van der Waals surface area (Å²) in [6, 6.07) is 2.77. The Bertz CT molecular complexity index is 520. The van der Waals surface area contributed by atoms with E-state index in [1.54, 1.807) is 6.07 Å². The molecule has 5 nitrogen and oxygen atoms in total. The highest BCUT2D eigenvalue weighted by Gasteiger charge is 2.32. The number of carboxylic acids is 1. The zero-order valence-electron chi connectivity index (χ0n) is 10.2. The zero-order chi connectivity index (χ0) is 13.4. The molecule has 0 aliphatic carbocycles. The molecular weight excluding hydrogens is 253 g/mol. The van der Waals surface area contributed by atoms with Crippen LogP contribution < -0.4 is 10.1 Å². The van der Waals surface area contributed by atoms with Gasteiger partial charge >= 0.3 is 5.97 Å². The van der Waals surface area contributed by atoms with Crippen LogP contribution in [0.1, 0.15) is 23.6 Å². The second-order valence-electron chi connectivity index (χ2n) is 4.82. The van der Waals surface area contributed by atoms with E-state index in [0.717, 1.165) is 0 Å². The second-order valence-corrected chi connectivity index (χ2v) is 4.82. The van der Waals surface area contributed by atoms with Crippen molar-refractivity contribution in [2.45, 2.75) is 19.1 Å². The number of carbonyl (C=O) groups is 1. The van der Waals surface area contributed by atoms with E-state index in [1.165, 1.54) is 6.07 Å². The molecule has 0 amide bonds. The van der Waals surface area contributed by atoms with Crippen molar-refractivity contribution in [3.8, 4) is 5.75 Å². The maximum Gasteiger partial charge on any atom is 0.307 e. The van der Waals surface area contributed by atoms with Crippen LogP contribution in [-0.4, -0.2) is 24.4 Å². The summed E-state index contributed by atoms with van der Waals surface area (Å²) in [5.74, 6) is -1.05. The standard InChI is InChI=1S/C13H14FNO4/c14-10-1-8-5-18-6-19-12(8)3-9(10)11-2-7(4-15-11)13(16)17/h1,3,7,11,15H,2,4-6H2,(H,16,17). The number of halogens is 1. The van der Waals surface area contributed by atoms with Gasteiger partial charge in [-0.25, -0.2) is 4.39 Å². The Kier molecular flexibility index (Phi) is 3.12. The summed E-state index contributed by atoms with van der Waals surface area (Å²) in [6.45, 7) is 0.858. The van der Waals surface area contributed by atoms with Crippen molar-refractivity contribution in [1.29, 1.82) is 0 Å². The molecule has 19 heavy (non-hydrogen) atoms. The largest absolute Gasteiger partial charge is 0.481 e. The Hall–Kier alpha value is -1.66. The van der Waals surface area contributed by atoms with Crippen LogP contribution in [0.5, 0.6) is 5.75 Å². The van der Waals surface area contributed by atoms with Gasteiger partial charge in [0.15, 0.2) is 6.79 Å². The fraction of sp³-hybridized carbons (Fsp3) is 0.462. The van der Waals surface area contributed by atoms with Gasteiger partial charge in [0, 0.05) is 23.7 Å². The molecule has 102 valence electrons. The highest BCUT2D eigenvalue weighted by molar-refractivity contribution is 5.70. The van der Waals surface area contributed by atoms with Crippen molar-refractivity contribution >= 4 is 5.97 Å². The molecule has 1 aromatic rings. The van der Waals surface area contributed by atoms with Gasteiger partial charge in [-0.15, -0.1) is 0 Å². The molecule has 3 rings (SSSR count). The molecule has 0 spiro atoms. The molecule has 2 N–H and O–H groups in total. The molecule has 2 heterocycles. The quantitative estimate of drug-likeness (QED) is 0.848. The molecule has 1 aromatic carbocycles. The monoisotopic (exact) mass is 267 g/mol. The Morgan fingerprint density at radius 3 is 3.05 bits per heavy atom. The molecule has 0 saturated carbocycles. The van der Waals surface area contributed by atoms with Crippen molar-refractivity contribution in [3.63, 3.8) is 0 Å². The number of benzene rings is 1. The Labute approximate surface area is 109 Å². The lowest BCUT2D eigenvalue weighted by molar-refractivity contribution is -0.141. The topological polar surface area (TPSA) is 67.8 Å². The number of rotatable bonds is 2. The number of carboxylic acid groups (broad SMARTS) is 1. The number of hydrogen-bond donors (Lipinski definition) is 2. The Morgan fingerprint density at radius 1 is 1.47 bits per heavy atom. The van der Waals surface area contributed by atoms with Gasteiger partial charge in [-0.3, -0.25) is 4.79 Å². The van der Waals surface area contributed by atoms with Crippen LogP contribution in [-0.2, 0) is 16.1 Å². The first-order valence-corrected chi connectivity index (χ1v) is 6.14. The van der Waals surface area contributed by atoms with E-state index >= 15 is 0 Å². The molecule has 2 aliphatic rings. The highest BCUT2D eigenvalue weighted by atomic mass is 19.1. The highest BCUT2D eigenvalue weighted by Crippen LogP contribution is 2.34. The predicted molar refractivity (Wildman–Crippen MR) is 63.2 cm³/mol. The number of nitrogens with one attached hydrogen (secondary N) is 1. The summed E-state index contributed by atoms with van der Waals surface area (Å²) in [7, 11) is 0. The SMILES string of the molecule is O=C(O)C1CNC(c2cc3c(cc2F)COCO3)C1. The lowest BCUT2D eigenvalue weighted by atomic mass is 9.98. The molecule has 2 aliphatic heterocycles. The minimum Gasteiger partial charge on any atom is -0.481 e. The second kappa shape index (κ2) is 4.79. The normalized spacial score (nSPS) is 25.7. The van der Waals surface area contributed by atoms with Gasteiger partial charge in [-0.2, -0.15) is 0 Å². The number of ether oxygens (including phenoxy) is 2. The van der Waals surface area contributed by atoms with E-state index in [0.29, 0.717) is 36.4 Å². The van der Waals surface area contributed by atoms with Gasteiger partial charge in [-0.05, 0) is 18.6 Å². The zero-order valence-corrected chi connectivity index (χ0v) is 10.2. The average molecular weight is 267 g/mol. The fourth-order valence-corrected chi connectivity index (χ4v) is 2.54. The molecule has 2 unspecified atom stereocenters. The molecule has 1 fully saturated rings. The summed E-state index contributed by atoms with van der Waals surface area (Å²) in [6.07, 6.45) is 0.390. The fourth-order valence-electron chi connectivity index (χ4n) is 2.54. The third-order valence-corrected chi connectivity index (χ3v) is 3.59. The van der Waals surface area contributed by atoms with Gasteiger partial charge in [0.1, 0.15) is 11.6 Å². The first-order valence-electron chi connectivity index (χ1n) is 6.14. The van der Waals surface area contributed by atoms with Crippen LogP contribution in [0.4, 0.5) is 4.39 Å². The van der Waals surface area contributed by atoms with Crippen molar-refractivity contribution in [2.75, 3.05) is 13.3 Å². The molecule has 6 heteroatoms. The van der Waals surface area contributed by atoms with Gasteiger partial charge < -0.3 is 19.9 Å². The first-order chi connectivity index (χ1) is 9.15. The number of fused-ring (bicyclic) bond motifs is 1. The predicted octanol–water partition coefficient (Wildman–Crippen LogP) is 1.43. The van der Waals surface area contributed by atoms with Crippen LogP contribution in [0.3, 0.4) is 0 Å². The average Bonchev–Trinajstić information content (AvgIpc) is 2.87. The minimum atomic E-state index is -0.849. The van der Waals surface area contributed by atoms with E-state index in [2.05, 4.69) is 5.32 Å². The Balaban J connectivity index is 1.87. The lowest BCUT2D eigenvalue weighted by Gasteiger charge is -2.20. The molecule has 0 aromatic heterocycles. The van der Waals surface area contributed by atoms with E-state index in [1.807, 2.05) is 0 Å². The van der Waals surface area contributed by atoms with E-state index < -0.39 is 11.9 Å². The summed E-state index contributed by atoms with van der Waals surface area (Å²) in [5, 5.41) is 12.0. The van der Waals surface area contributed by atoms with Gasteiger partial charge in [-0.1, -0.05) is 0 Å². The van der Waals surface area contributed by atoms with Crippen LogP contribution in [0.2, 0.25) is 0 Å². The third-order valence-electron chi connectivity index (χ3n) is 3.59. The number of hydrogen-bond acceptors (Lipinski definition) is 4. The van der Waals surface area contributed by atoms with Crippen molar-refractivity contribution in [1.82, 2.24) is 5.32 Å². The molecule has 0 radical (unpaired) electrons. The smallest absolute Gasteiger partial charge is 0.307 e. The van der Waals surface area contributed by atoms with Gasteiger partial charge in [0.25, 0.3) is 0 Å². The van der Waals surface area contributed by atoms with Crippen molar-refractivity contribution in [3.05, 3.63) is 29.1 Å². The maximum atomic E-state index is 14.1. The van der Waals surface area contributed by atoms with Crippen LogP contribution in [0.15, 0.2) is 12.1 Å². The number of aliphatic carboxylic acids is 1. The van der Waals surface area contributed by atoms with Crippen LogP contribution >= 0.6 is 0 Å². The minimum absolute atomic E-state index is 0.161. The maximum absolute atomic E-state index is 14.1. The molecule has 2 atom stereocenters. The molecule has 1 saturated heterocycles. The summed E-state index contributed by atoms with van der Waals surface area (Å²) >= 11 is 0. The van der Waals surface area contributed by atoms with Gasteiger partial charge in [0.05, 0.1) is 12.5 Å². The van der Waals surface area contributed by atoms with Gasteiger partial charge in [0.2, 0.25) is 0 Å². The van der Waals surface area contributed by atoms with Crippen LogP contribution in [0, 0.1) is 11.7 Å². The molecular formula is C13H14FNO4. The van der Waals surface area contributed by atoms with E-state index in [-0.39, 0.29) is 18.7 Å². The first kappa shape index (κ1) is 12.4. The van der Waals surface area contributed by atoms with Crippen LogP contribution in [0.25, 0.3) is 0 Å². The Morgan fingerprint density at radius 2 is 2.32 bits per heavy atom. The summed E-state index contributed by atoms with van der Waals surface area (Å²) < 4.78 is 24.5. The van der Waals surface area contributed by atoms with E-state index in [9.17, 15) is 9.18 Å². The lowest BCUT2D eigenvalue weighted by Crippen LogP contribution is -2.18. The van der Waals surface area contributed by atoms with Crippen molar-refractivity contribution in [2.24, 2.45) is 5.92 Å².